The van der Waals surface area contributed by atoms with E-state index in [-0.39, 0.29) is 5.88 Å². The van der Waals surface area contributed by atoms with Gasteiger partial charge in [0.2, 0.25) is 5.88 Å². The highest BCUT2D eigenvalue weighted by Gasteiger charge is 2.18. The zero-order valence-corrected chi connectivity index (χ0v) is 16.7. The molecule has 0 fully saturated rings. The number of benzene rings is 1. The Hall–Kier alpha value is -4.33. The minimum atomic E-state index is -0.139. The minimum Gasteiger partial charge on any atom is -0.493 e. The van der Waals surface area contributed by atoms with Gasteiger partial charge in [0, 0.05) is 30.1 Å². The van der Waals surface area contributed by atoms with Gasteiger partial charge in [0.05, 0.1) is 17.9 Å². The Labute approximate surface area is 177 Å². The fraction of sp³-hybridized carbons (Fsp3) is 0.0870. The quantitative estimate of drug-likeness (QED) is 0.465. The summed E-state index contributed by atoms with van der Waals surface area (Å²) in [6.07, 6.45) is 4.89. The second-order valence-electron chi connectivity index (χ2n) is 7.06. The molecule has 4 aromatic heterocycles. The predicted molar refractivity (Wildman–Crippen MR) is 114 cm³/mol. The van der Waals surface area contributed by atoms with Crippen LogP contribution in [0.4, 0.5) is 0 Å². The van der Waals surface area contributed by atoms with Crippen molar-refractivity contribution in [3.05, 3.63) is 84.4 Å². The molecule has 0 aliphatic heterocycles. The van der Waals surface area contributed by atoms with Gasteiger partial charge in [-0.25, -0.2) is 4.98 Å². The summed E-state index contributed by atoms with van der Waals surface area (Å²) in [5, 5.41) is 19.0. The van der Waals surface area contributed by atoms with Gasteiger partial charge < -0.3 is 9.63 Å². The third-order valence-corrected chi connectivity index (χ3v) is 4.96. The maximum atomic E-state index is 10.2. The number of hydrogen-bond acceptors (Lipinski definition) is 7. The normalized spacial score (nSPS) is 11.0. The number of rotatable bonds is 5. The monoisotopic (exact) mass is 410 g/mol. The summed E-state index contributed by atoms with van der Waals surface area (Å²) in [4.78, 5) is 12.9. The van der Waals surface area contributed by atoms with Gasteiger partial charge in [0.25, 0.3) is 0 Å². The highest BCUT2D eigenvalue weighted by atomic mass is 16.5. The molecule has 0 spiro atoms. The van der Waals surface area contributed by atoms with Gasteiger partial charge in [0.15, 0.2) is 5.82 Å². The van der Waals surface area contributed by atoms with Crippen LogP contribution in [0.1, 0.15) is 11.1 Å². The molecule has 5 rings (SSSR count). The number of nitrogens with zero attached hydrogens (tertiary/aromatic N) is 6. The molecule has 0 amide bonds. The van der Waals surface area contributed by atoms with E-state index < -0.39 is 0 Å². The fourth-order valence-corrected chi connectivity index (χ4v) is 3.36. The molecule has 0 bridgehead atoms. The molecule has 0 atom stereocenters. The van der Waals surface area contributed by atoms with E-state index in [1.807, 2.05) is 35.0 Å². The topological polar surface area (TPSA) is 103 Å². The Morgan fingerprint density at radius 1 is 0.968 bits per heavy atom. The number of aromatic hydroxyl groups is 1. The second kappa shape index (κ2) is 7.83. The van der Waals surface area contributed by atoms with Crippen molar-refractivity contribution in [1.29, 1.82) is 0 Å². The third-order valence-electron chi connectivity index (χ3n) is 4.96. The molecule has 0 radical (unpaired) electrons. The van der Waals surface area contributed by atoms with Gasteiger partial charge in [-0.1, -0.05) is 29.4 Å². The van der Waals surface area contributed by atoms with Gasteiger partial charge in [-0.15, -0.1) is 0 Å². The van der Waals surface area contributed by atoms with Crippen LogP contribution >= 0.6 is 0 Å². The van der Waals surface area contributed by atoms with Gasteiger partial charge in [-0.05, 0) is 36.2 Å². The van der Waals surface area contributed by atoms with E-state index in [4.69, 9.17) is 9.62 Å². The molecule has 4 heterocycles. The van der Waals surface area contributed by atoms with Crippen molar-refractivity contribution in [1.82, 2.24) is 29.9 Å². The fourth-order valence-electron chi connectivity index (χ4n) is 3.36. The average Bonchev–Trinajstić information content (AvgIpc) is 3.46. The van der Waals surface area contributed by atoms with E-state index in [1.54, 1.807) is 18.5 Å². The van der Waals surface area contributed by atoms with Crippen LogP contribution in [0, 0.1) is 6.92 Å². The van der Waals surface area contributed by atoms with Crippen LogP contribution in [0.2, 0.25) is 0 Å². The summed E-state index contributed by atoms with van der Waals surface area (Å²) < 4.78 is 6.88. The number of aryl methyl sites for hydroxylation is 1. The van der Waals surface area contributed by atoms with Crippen molar-refractivity contribution in [3.8, 4) is 40.0 Å². The van der Waals surface area contributed by atoms with Gasteiger partial charge >= 0.3 is 0 Å². The Balaban J connectivity index is 1.61. The number of aromatic nitrogens is 6. The smallest absolute Gasteiger partial charge is 0.215 e. The minimum absolute atomic E-state index is 0.139. The molecular formula is C23H18N6O2. The molecule has 0 saturated carbocycles. The molecule has 0 saturated heterocycles. The SMILES string of the molecule is Cc1ccccc1Cn1nc(-c2nc(O)cc(-c3cccnc3)n2)cc1-c1ccon1. The van der Waals surface area contributed by atoms with Crippen molar-refractivity contribution in [2.75, 3.05) is 0 Å². The van der Waals surface area contributed by atoms with Gasteiger partial charge in [0.1, 0.15) is 17.7 Å². The first-order valence-corrected chi connectivity index (χ1v) is 9.69. The highest BCUT2D eigenvalue weighted by Crippen LogP contribution is 2.28. The largest absolute Gasteiger partial charge is 0.493 e. The van der Waals surface area contributed by atoms with Crippen molar-refractivity contribution >= 4 is 0 Å². The first-order valence-electron chi connectivity index (χ1n) is 9.69. The second-order valence-corrected chi connectivity index (χ2v) is 7.06. The van der Waals surface area contributed by atoms with Crippen LogP contribution in [0.15, 0.2) is 77.8 Å². The summed E-state index contributed by atoms with van der Waals surface area (Å²) in [5.41, 5.74) is 5.58. The lowest BCUT2D eigenvalue weighted by Crippen LogP contribution is -2.05. The number of hydrogen-bond donors (Lipinski definition) is 1. The molecule has 152 valence electrons. The third kappa shape index (κ3) is 3.78. The Morgan fingerprint density at radius 3 is 2.65 bits per heavy atom. The van der Waals surface area contributed by atoms with Gasteiger partial charge in [-0.3, -0.25) is 9.67 Å². The lowest BCUT2D eigenvalue weighted by molar-refractivity contribution is 0.421. The van der Waals surface area contributed by atoms with E-state index in [1.165, 1.54) is 12.3 Å². The Bertz CT molecular complexity index is 1330. The summed E-state index contributed by atoms with van der Waals surface area (Å²) in [6.45, 7) is 2.61. The van der Waals surface area contributed by atoms with Crippen LogP contribution in [0.5, 0.6) is 5.88 Å². The van der Waals surface area contributed by atoms with Crippen LogP contribution in [0.3, 0.4) is 0 Å². The van der Waals surface area contributed by atoms with Gasteiger partial charge in [-0.2, -0.15) is 10.1 Å². The van der Waals surface area contributed by atoms with Crippen molar-refractivity contribution in [2.24, 2.45) is 0 Å². The highest BCUT2D eigenvalue weighted by molar-refractivity contribution is 5.66. The lowest BCUT2D eigenvalue weighted by Gasteiger charge is -2.08. The molecule has 5 aromatic rings. The Kier molecular flexibility index (Phi) is 4.72. The van der Waals surface area contributed by atoms with Crippen LogP contribution < -0.4 is 0 Å². The maximum Gasteiger partial charge on any atom is 0.215 e. The van der Waals surface area contributed by atoms with Crippen LogP contribution in [0.25, 0.3) is 34.2 Å². The standard InChI is InChI=1S/C23H18N6O2/c1-15-5-2-3-6-17(15)14-29-21(18-8-10-31-28-18)11-20(27-29)23-25-19(12-22(30)26-23)16-7-4-9-24-13-16/h2-13H,14H2,1H3,(H,25,26,30). The molecule has 0 unspecified atom stereocenters. The molecule has 1 N–H and O–H groups in total. The predicted octanol–water partition coefficient (Wildman–Crippen LogP) is 4.12. The molecular weight excluding hydrogens is 392 g/mol. The first kappa shape index (κ1) is 18.7. The molecule has 0 aliphatic carbocycles. The maximum absolute atomic E-state index is 10.2. The zero-order valence-electron chi connectivity index (χ0n) is 16.7. The summed E-state index contributed by atoms with van der Waals surface area (Å²) in [7, 11) is 0. The van der Waals surface area contributed by atoms with Crippen molar-refractivity contribution < 1.29 is 9.63 Å². The van der Waals surface area contributed by atoms with E-state index in [9.17, 15) is 5.11 Å². The van der Waals surface area contributed by atoms with E-state index >= 15 is 0 Å². The lowest BCUT2D eigenvalue weighted by atomic mass is 10.1. The van der Waals surface area contributed by atoms with Crippen molar-refractivity contribution in [2.45, 2.75) is 13.5 Å². The van der Waals surface area contributed by atoms with Crippen molar-refractivity contribution in [3.63, 3.8) is 0 Å². The first-order chi connectivity index (χ1) is 15.2. The molecule has 8 nitrogen and oxygen atoms in total. The van der Waals surface area contributed by atoms with E-state index in [2.05, 4.69) is 39.2 Å². The average molecular weight is 410 g/mol. The van der Waals surface area contributed by atoms with E-state index in [0.717, 1.165) is 22.4 Å². The Morgan fingerprint density at radius 2 is 1.87 bits per heavy atom. The number of pyridine rings is 1. The summed E-state index contributed by atoms with van der Waals surface area (Å²) >= 11 is 0. The summed E-state index contributed by atoms with van der Waals surface area (Å²) in [5.74, 6) is 0.174. The molecule has 0 aliphatic rings. The molecule has 31 heavy (non-hydrogen) atoms. The molecule has 8 heteroatoms. The zero-order chi connectivity index (χ0) is 21.2. The van der Waals surface area contributed by atoms with E-state index in [0.29, 0.717) is 29.5 Å². The summed E-state index contributed by atoms with van der Waals surface area (Å²) in [6, 6.07) is 16.9. The van der Waals surface area contributed by atoms with Crippen LogP contribution in [-0.2, 0) is 6.54 Å². The van der Waals surface area contributed by atoms with Crippen LogP contribution in [-0.4, -0.2) is 35.0 Å². The molecule has 1 aromatic carbocycles.